The third-order valence-corrected chi connectivity index (χ3v) is 4.10. The number of hydrogen-bond donors (Lipinski definition) is 2. The minimum Gasteiger partial charge on any atom is -0.497 e. The van der Waals surface area contributed by atoms with Gasteiger partial charge >= 0.3 is 0 Å². The molecule has 0 fully saturated rings. The van der Waals surface area contributed by atoms with E-state index in [0.29, 0.717) is 40.0 Å². The first-order valence-electron chi connectivity index (χ1n) is 8.99. The number of anilines is 1. The summed E-state index contributed by atoms with van der Waals surface area (Å²) in [6.45, 7) is 1.63. The number of benzene rings is 2. The molecule has 30 heavy (non-hydrogen) atoms. The van der Waals surface area contributed by atoms with E-state index in [1.165, 1.54) is 28.4 Å². The summed E-state index contributed by atoms with van der Waals surface area (Å²) < 4.78 is 20.7. The molecule has 0 aliphatic carbocycles. The van der Waals surface area contributed by atoms with Crippen LogP contribution in [-0.2, 0) is 4.79 Å². The lowest BCUT2D eigenvalue weighted by Crippen LogP contribution is -2.22. The molecule has 0 atom stereocenters. The highest BCUT2D eigenvalue weighted by Crippen LogP contribution is 2.29. The van der Waals surface area contributed by atoms with E-state index in [9.17, 15) is 9.59 Å². The van der Waals surface area contributed by atoms with Gasteiger partial charge in [0.25, 0.3) is 5.91 Å². The summed E-state index contributed by atoms with van der Waals surface area (Å²) in [5.41, 5.74) is 3.60. The van der Waals surface area contributed by atoms with E-state index in [4.69, 9.17) is 18.9 Å². The van der Waals surface area contributed by atoms with Crippen LogP contribution in [0, 0.1) is 0 Å². The van der Waals surface area contributed by atoms with E-state index in [1.807, 2.05) is 0 Å². The lowest BCUT2D eigenvalue weighted by Gasteiger charge is -2.12. The molecule has 0 bridgehead atoms. The molecule has 2 amide bonds. The van der Waals surface area contributed by atoms with Gasteiger partial charge in [-0.05, 0) is 31.2 Å². The zero-order valence-corrected chi connectivity index (χ0v) is 17.6. The van der Waals surface area contributed by atoms with Crippen LogP contribution in [0.2, 0.25) is 0 Å². The van der Waals surface area contributed by atoms with E-state index in [2.05, 4.69) is 15.8 Å². The molecule has 2 N–H and O–H groups in total. The molecule has 0 saturated carbocycles. The smallest absolute Gasteiger partial charge is 0.275 e. The molecule has 9 heteroatoms. The summed E-state index contributed by atoms with van der Waals surface area (Å²) in [5, 5.41) is 6.74. The van der Waals surface area contributed by atoms with Crippen molar-refractivity contribution in [2.75, 3.05) is 33.8 Å². The van der Waals surface area contributed by atoms with Gasteiger partial charge in [-0.1, -0.05) is 0 Å². The first-order chi connectivity index (χ1) is 14.4. The molecule has 0 radical (unpaired) electrons. The second-order valence-electron chi connectivity index (χ2n) is 6.15. The van der Waals surface area contributed by atoms with E-state index in [0.717, 1.165) is 0 Å². The average Bonchev–Trinajstić information content (AvgIpc) is 2.76. The number of nitrogens with zero attached hydrogens (tertiary/aromatic N) is 1. The molecule has 0 heterocycles. The quantitative estimate of drug-likeness (QED) is 0.482. The Hall–Kier alpha value is -3.75. The predicted octanol–water partition coefficient (Wildman–Crippen LogP) is 2.86. The van der Waals surface area contributed by atoms with Gasteiger partial charge in [0.15, 0.2) is 0 Å². The fourth-order valence-corrected chi connectivity index (χ4v) is 2.57. The van der Waals surface area contributed by atoms with Crippen molar-refractivity contribution in [1.29, 1.82) is 0 Å². The maximum absolute atomic E-state index is 12.4. The van der Waals surface area contributed by atoms with Crippen molar-refractivity contribution in [1.82, 2.24) is 5.43 Å². The lowest BCUT2D eigenvalue weighted by molar-refractivity contribution is -0.115. The van der Waals surface area contributed by atoms with E-state index in [1.54, 1.807) is 43.3 Å². The summed E-state index contributed by atoms with van der Waals surface area (Å²) >= 11 is 0. The van der Waals surface area contributed by atoms with Gasteiger partial charge in [0.05, 0.1) is 46.1 Å². The van der Waals surface area contributed by atoms with Gasteiger partial charge in [-0.15, -0.1) is 0 Å². The molecular weight excluding hydrogens is 390 g/mol. The number of carbonyl (C=O) groups is 2. The van der Waals surface area contributed by atoms with E-state index in [-0.39, 0.29) is 12.3 Å². The van der Waals surface area contributed by atoms with Crippen LogP contribution in [0.15, 0.2) is 41.5 Å². The van der Waals surface area contributed by atoms with Crippen LogP contribution in [0.3, 0.4) is 0 Å². The van der Waals surface area contributed by atoms with Gasteiger partial charge in [-0.3, -0.25) is 9.59 Å². The van der Waals surface area contributed by atoms with Crippen LogP contribution in [0.1, 0.15) is 23.7 Å². The molecule has 0 aliphatic rings. The molecule has 0 aromatic heterocycles. The van der Waals surface area contributed by atoms with Crippen molar-refractivity contribution < 1.29 is 28.5 Å². The van der Waals surface area contributed by atoms with Crippen LogP contribution in [0.5, 0.6) is 23.0 Å². The third-order valence-electron chi connectivity index (χ3n) is 4.10. The Morgan fingerprint density at radius 2 is 1.50 bits per heavy atom. The molecule has 2 aromatic carbocycles. The first kappa shape index (κ1) is 22.5. The Bertz CT molecular complexity index is 942. The number of nitrogens with one attached hydrogen (secondary N) is 2. The fraction of sp³-hybridized carbons (Fsp3) is 0.286. The largest absolute Gasteiger partial charge is 0.497 e. The van der Waals surface area contributed by atoms with Crippen LogP contribution in [0.25, 0.3) is 0 Å². The number of methoxy groups -OCH3 is 4. The maximum atomic E-state index is 12.4. The molecule has 0 spiro atoms. The average molecular weight is 415 g/mol. The summed E-state index contributed by atoms with van der Waals surface area (Å²) in [6.07, 6.45) is -0.0274. The molecule has 2 rings (SSSR count). The number of amides is 2. The van der Waals surface area contributed by atoms with Crippen LogP contribution >= 0.6 is 0 Å². The Balaban J connectivity index is 2.02. The molecule has 0 unspecified atom stereocenters. The van der Waals surface area contributed by atoms with Crippen molar-refractivity contribution in [3.63, 3.8) is 0 Å². The molecular formula is C21H25N3O6. The Morgan fingerprint density at radius 3 is 2.13 bits per heavy atom. The Kier molecular flexibility index (Phi) is 8.04. The van der Waals surface area contributed by atoms with Crippen molar-refractivity contribution in [2.45, 2.75) is 13.3 Å². The van der Waals surface area contributed by atoms with Crippen molar-refractivity contribution in [2.24, 2.45) is 5.10 Å². The fourth-order valence-electron chi connectivity index (χ4n) is 2.57. The van der Waals surface area contributed by atoms with Crippen molar-refractivity contribution in [3.05, 3.63) is 42.0 Å². The summed E-state index contributed by atoms with van der Waals surface area (Å²) in [6, 6.07) is 9.88. The van der Waals surface area contributed by atoms with Gasteiger partial charge < -0.3 is 24.3 Å². The number of rotatable bonds is 9. The summed E-state index contributed by atoms with van der Waals surface area (Å²) in [7, 11) is 6.02. The van der Waals surface area contributed by atoms with Crippen LogP contribution in [0.4, 0.5) is 5.69 Å². The number of hydrogen-bond acceptors (Lipinski definition) is 7. The highest BCUT2D eigenvalue weighted by Gasteiger charge is 2.14. The lowest BCUT2D eigenvalue weighted by atomic mass is 10.2. The number of ether oxygens (including phenoxy) is 4. The topological polar surface area (TPSA) is 107 Å². The second kappa shape index (κ2) is 10.7. The minimum atomic E-state index is -0.469. The SMILES string of the molecule is COc1ccc(OC)c(NC(=O)C/C(C)=N/NC(=O)c2ccc(OC)cc2OC)c1. The Labute approximate surface area is 175 Å². The summed E-state index contributed by atoms with van der Waals surface area (Å²) in [4.78, 5) is 24.7. The zero-order valence-electron chi connectivity index (χ0n) is 17.6. The normalized spacial score (nSPS) is 10.8. The molecule has 160 valence electrons. The maximum Gasteiger partial charge on any atom is 0.275 e. The van der Waals surface area contributed by atoms with Gasteiger partial charge in [0.2, 0.25) is 5.91 Å². The third kappa shape index (κ3) is 5.87. The van der Waals surface area contributed by atoms with Crippen LogP contribution < -0.4 is 29.7 Å². The highest BCUT2D eigenvalue weighted by molar-refractivity contribution is 6.06. The predicted molar refractivity (Wildman–Crippen MR) is 113 cm³/mol. The molecule has 0 aliphatic heterocycles. The number of carbonyl (C=O) groups excluding carboxylic acids is 2. The van der Waals surface area contributed by atoms with Gasteiger partial charge in [0, 0.05) is 17.8 Å². The standard InChI is InChI=1S/C21H25N3O6/c1-13(10-20(25)22-17-11-14(27-2)7-9-18(17)29-4)23-24-21(26)16-8-6-15(28-3)12-19(16)30-5/h6-9,11-12H,10H2,1-5H3,(H,22,25)(H,24,26)/b23-13+. The highest BCUT2D eigenvalue weighted by atomic mass is 16.5. The van der Waals surface area contributed by atoms with Crippen LogP contribution in [-0.4, -0.2) is 46.0 Å². The van der Waals surface area contributed by atoms with Crippen molar-refractivity contribution >= 4 is 23.2 Å². The zero-order chi connectivity index (χ0) is 22.1. The van der Waals surface area contributed by atoms with E-state index < -0.39 is 5.91 Å². The van der Waals surface area contributed by atoms with Gasteiger partial charge in [-0.2, -0.15) is 5.10 Å². The van der Waals surface area contributed by atoms with E-state index >= 15 is 0 Å². The Morgan fingerprint density at radius 1 is 0.867 bits per heavy atom. The number of hydrazone groups is 1. The van der Waals surface area contributed by atoms with Crippen molar-refractivity contribution in [3.8, 4) is 23.0 Å². The summed E-state index contributed by atoms with van der Waals surface area (Å²) in [5.74, 6) is 1.20. The van der Waals surface area contributed by atoms with Gasteiger partial charge in [0.1, 0.15) is 23.0 Å². The second-order valence-corrected chi connectivity index (χ2v) is 6.15. The molecule has 9 nitrogen and oxygen atoms in total. The molecule has 2 aromatic rings. The van der Waals surface area contributed by atoms with Gasteiger partial charge in [-0.25, -0.2) is 5.43 Å². The first-order valence-corrected chi connectivity index (χ1v) is 8.99. The molecule has 0 saturated heterocycles. The monoisotopic (exact) mass is 415 g/mol. The minimum absolute atomic E-state index is 0.0274.